The third kappa shape index (κ3) is 1.28. The van der Waals surface area contributed by atoms with E-state index in [0.29, 0.717) is 0 Å². The Bertz CT molecular complexity index is 288. The number of fused-ring (bicyclic) bond motifs is 1. The van der Waals surface area contributed by atoms with Crippen molar-refractivity contribution in [1.82, 2.24) is 0 Å². The Labute approximate surface area is 69.1 Å². The highest BCUT2D eigenvalue weighted by Gasteiger charge is 2.14. The number of thioether (sulfide) groups is 1. The van der Waals surface area contributed by atoms with Crippen LogP contribution in [0.2, 0.25) is 0 Å². The molecule has 0 aromatic rings. The van der Waals surface area contributed by atoms with Gasteiger partial charge in [-0.1, -0.05) is 0 Å². The molecule has 2 nitrogen and oxygen atoms in total. The summed E-state index contributed by atoms with van der Waals surface area (Å²) in [5, 5.41) is 0. The summed E-state index contributed by atoms with van der Waals surface area (Å²) in [4.78, 5) is 16.2. The standard InChI is InChI=1S/C8H7NOS/c10-6-1-2-7-8(5-6)11-4-3-9-7/h1-2,5H,3-4H2. The molecule has 0 unspecified atom stereocenters. The molecule has 0 atom stereocenters. The van der Waals surface area contributed by atoms with Crippen LogP contribution in [0.3, 0.4) is 0 Å². The van der Waals surface area contributed by atoms with E-state index < -0.39 is 0 Å². The minimum absolute atomic E-state index is 0.0772. The molecule has 0 aromatic heterocycles. The van der Waals surface area contributed by atoms with E-state index in [1.807, 2.05) is 0 Å². The van der Waals surface area contributed by atoms with Crippen LogP contribution in [0.4, 0.5) is 0 Å². The third-order valence-corrected chi connectivity index (χ3v) is 2.59. The van der Waals surface area contributed by atoms with Crippen LogP contribution < -0.4 is 0 Å². The van der Waals surface area contributed by atoms with Gasteiger partial charge in [-0.2, -0.15) is 0 Å². The number of carbonyl (C=O) groups excluding carboxylic acids is 1. The van der Waals surface area contributed by atoms with Gasteiger partial charge in [-0.05, 0) is 12.2 Å². The van der Waals surface area contributed by atoms with Crippen LogP contribution in [-0.2, 0) is 4.79 Å². The summed E-state index contributed by atoms with van der Waals surface area (Å²) in [6, 6.07) is 0. The van der Waals surface area contributed by atoms with Crippen LogP contribution in [0.15, 0.2) is 28.1 Å². The molecule has 11 heavy (non-hydrogen) atoms. The second-order valence-electron chi connectivity index (χ2n) is 2.36. The summed E-state index contributed by atoms with van der Waals surface area (Å²) in [5.74, 6) is 1.07. The Hall–Kier alpha value is -0.830. The molecule has 56 valence electrons. The number of hydrogen-bond acceptors (Lipinski definition) is 3. The maximum absolute atomic E-state index is 10.9. The number of aliphatic imine (C=N–C) groups is 1. The fourth-order valence-electron chi connectivity index (χ4n) is 1.06. The van der Waals surface area contributed by atoms with E-state index >= 15 is 0 Å². The fraction of sp³-hybridized carbons (Fsp3) is 0.250. The van der Waals surface area contributed by atoms with E-state index in [4.69, 9.17) is 0 Å². The molecule has 1 aliphatic carbocycles. The number of nitrogens with zero attached hydrogens (tertiary/aromatic N) is 1. The summed E-state index contributed by atoms with van der Waals surface area (Å²) in [6.07, 6.45) is 5.01. The maximum Gasteiger partial charge on any atom is 0.179 e. The zero-order valence-corrected chi connectivity index (χ0v) is 6.73. The predicted molar refractivity (Wildman–Crippen MR) is 47.0 cm³/mol. The zero-order chi connectivity index (χ0) is 7.68. The highest BCUT2D eigenvalue weighted by Crippen LogP contribution is 2.24. The minimum atomic E-state index is 0.0772. The summed E-state index contributed by atoms with van der Waals surface area (Å²) in [5.41, 5.74) is 0.973. The number of carbonyl (C=O) groups is 1. The first-order chi connectivity index (χ1) is 5.36. The zero-order valence-electron chi connectivity index (χ0n) is 5.91. The lowest BCUT2D eigenvalue weighted by Gasteiger charge is -2.13. The Balaban J connectivity index is 2.38. The number of allylic oxidation sites excluding steroid dienone is 4. The van der Waals surface area contributed by atoms with Crippen LogP contribution in [-0.4, -0.2) is 23.8 Å². The molecule has 1 heterocycles. The lowest BCUT2D eigenvalue weighted by Crippen LogP contribution is -2.11. The van der Waals surface area contributed by atoms with Crippen molar-refractivity contribution in [3.63, 3.8) is 0 Å². The number of rotatable bonds is 0. The van der Waals surface area contributed by atoms with Gasteiger partial charge in [-0.25, -0.2) is 0 Å². The normalized spacial score (nSPS) is 22.4. The molecule has 0 saturated carbocycles. The molecular weight excluding hydrogens is 158 g/mol. The van der Waals surface area contributed by atoms with Crippen molar-refractivity contribution in [2.75, 3.05) is 12.3 Å². The van der Waals surface area contributed by atoms with Crippen LogP contribution in [0.1, 0.15) is 0 Å². The molecular formula is C8H7NOS. The predicted octanol–water partition coefficient (Wildman–Crippen LogP) is 1.20. The molecule has 2 aliphatic rings. The van der Waals surface area contributed by atoms with Crippen molar-refractivity contribution in [2.24, 2.45) is 4.99 Å². The van der Waals surface area contributed by atoms with E-state index in [-0.39, 0.29) is 5.78 Å². The largest absolute Gasteiger partial charge is 0.290 e. The molecule has 0 saturated heterocycles. The molecule has 3 heteroatoms. The van der Waals surface area contributed by atoms with Crippen molar-refractivity contribution in [3.05, 3.63) is 23.1 Å². The molecule has 0 bridgehead atoms. The van der Waals surface area contributed by atoms with Gasteiger partial charge in [0.25, 0.3) is 0 Å². The van der Waals surface area contributed by atoms with Crippen LogP contribution >= 0.6 is 11.8 Å². The first-order valence-electron chi connectivity index (χ1n) is 3.47. The first-order valence-corrected chi connectivity index (χ1v) is 4.46. The molecule has 0 amide bonds. The molecule has 0 radical (unpaired) electrons. The van der Waals surface area contributed by atoms with Crippen molar-refractivity contribution in [2.45, 2.75) is 0 Å². The van der Waals surface area contributed by atoms with Gasteiger partial charge in [0.05, 0.1) is 5.71 Å². The van der Waals surface area contributed by atoms with Crippen molar-refractivity contribution >= 4 is 23.3 Å². The van der Waals surface area contributed by atoms with Gasteiger partial charge in [0.15, 0.2) is 5.78 Å². The Morgan fingerprint density at radius 2 is 2.36 bits per heavy atom. The highest BCUT2D eigenvalue weighted by molar-refractivity contribution is 8.04. The van der Waals surface area contributed by atoms with Crippen LogP contribution in [0.25, 0.3) is 0 Å². The fourth-order valence-corrected chi connectivity index (χ4v) is 1.94. The topological polar surface area (TPSA) is 29.4 Å². The lowest BCUT2D eigenvalue weighted by atomic mass is 10.1. The van der Waals surface area contributed by atoms with Gasteiger partial charge < -0.3 is 0 Å². The first kappa shape index (κ1) is 6.85. The SMILES string of the molecule is O=C1C=CC2=NCCSC2=C1. The Morgan fingerprint density at radius 1 is 1.45 bits per heavy atom. The third-order valence-electron chi connectivity index (χ3n) is 1.56. The Kier molecular flexibility index (Phi) is 1.66. The van der Waals surface area contributed by atoms with Gasteiger partial charge in [0.1, 0.15) is 0 Å². The van der Waals surface area contributed by atoms with Gasteiger partial charge in [0.2, 0.25) is 0 Å². The molecule has 0 N–H and O–H groups in total. The average Bonchev–Trinajstić information content (AvgIpc) is 2.04. The second-order valence-corrected chi connectivity index (χ2v) is 3.50. The quantitative estimate of drug-likeness (QED) is 0.505. The molecule has 0 spiro atoms. The van der Waals surface area contributed by atoms with Crippen molar-refractivity contribution in [3.8, 4) is 0 Å². The lowest BCUT2D eigenvalue weighted by molar-refractivity contribution is -0.110. The van der Waals surface area contributed by atoms with Crippen LogP contribution in [0.5, 0.6) is 0 Å². The maximum atomic E-state index is 10.9. The van der Waals surface area contributed by atoms with Gasteiger partial charge >= 0.3 is 0 Å². The molecule has 2 rings (SSSR count). The number of hydrogen-bond donors (Lipinski definition) is 0. The van der Waals surface area contributed by atoms with E-state index in [0.717, 1.165) is 22.9 Å². The van der Waals surface area contributed by atoms with Gasteiger partial charge in [-0.3, -0.25) is 9.79 Å². The van der Waals surface area contributed by atoms with Gasteiger partial charge in [-0.15, -0.1) is 11.8 Å². The van der Waals surface area contributed by atoms with Crippen molar-refractivity contribution in [1.29, 1.82) is 0 Å². The van der Waals surface area contributed by atoms with Crippen molar-refractivity contribution < 1.29 is 4.79 Å². The van der Waals surface area contributed by atoms with Crippen LogP contribution in [0, 0.1) is 0 Å². The number of ketones is 1. The second kappa shape index (κ2) is 2.66. The summed E-state index contributed by atoms with van der Waals surface area (Å²) in [7, 11) is 0. The smallest absolute Gasteiger partial charge is 0.179 e. The van der Waals surface area contributed by atoms with E-state index in [2.05, 4.69) is 4.99 Å². The molecule has 0 fully saturated rings. The minimum Gasteiger partial charge on any atom is -0.290 e. The average molecular weight is 165 g/mol. The summed E-state index contributed by atoms with van der Waals surface area (Å²) in [6.45, 7) is 0.871. The van der Waals surface area contributed by atoms with Gasteiger partial charge in [0, 0.05) is 23.3 Å². The monoisotopic (exact) mass is 165 g/mol. The Morgan fingerprint density at radius 3 is 3.27 bits per heavy atom. The highest BCUT2D eigenvalue weighted by atomic mass is 32.2. The summed E-state index contributed by atoms with van der Waals surface area (Å²) < 4.78 is 0. The summed E-state index contributed by atoms with van der Waals surface area (Å²) >= 11 is 1.71. The van der Waals surface area contributed by atoms with E-state index in [1.54, 1.807) is 30.0 Å². The molecule has 1 aliphatic heterocycles. The van der Waals surface area contributed by atoms with E-state index in [9.17, 15) is 4.79 Å². The van der Waals surface area contributed by atoms with E-state index in [1.165, 1.54) is 0 Å². The molecule has 0 aromatic carbocycles.